The summed E-state index contributed by atoms with van der Waals surface area (Å²) in [5.41, 5.74) is 3.94. The van der Waals surface area contributed by atoms with Gasteiger partial charge in [0.25, 0.3) is 11.8 Å². The molecule has 1 heterocycles. The Morgan fingerprint density at radius 3 is 1.61 bits per heavy atom. The Bertz CT molecular complexity index is 1820. The van der Waals surface area contributed by atoms with Gasteiger partial charge in [0.2, 0.25) is 10.0 Å². The summed E-state index contributed by atoms with van der Waals surface area (Å²) >= 11 is 12.8. The van der Waals surface area contributed by atoms with Crippen LogP contribution in [0, 0.1) is 0 Å². The van der Waals surface area contributed by atoms with Gasteiger partial charge in [-0.15, -0.1) is 0 Å². The highest BCUT2D eigenvalue weighted by atomic mass is 35.5. The van der Waals surface area contributed by atoms with Crippen molar-refractivity contribution >= 4 is 45.0 Å². The normalized spacial score (nSPS) is 14.3. The summed E-state index contributed by atoms with van der Waals surface area (Å²) in [5, 5.41) is 9.77. The molecule has 0 aliphatic carbocycles. The van der Waals surface area contributed by atoms with Crippen molar-refractivity contribution in [3.05, 3.63) is 98.5 Å². The summed E-state index contributed by atoms with van der Waals surface area (Å²) in [4.78, 5) is 27.2. The summed E-state index contributed by atoms with van der Waals surface area (Å²) in [6.07, 6.45) is 0. The summed E-state index contributed by atoms with van der Waals surface area (Å²) in [5.74, 6) is -0.521. The number of rotatable bonds is 29. The van der Waals surface area contributed by atoms with Crippen molar-refractivity contribution < 1.29 is 46.4 Å². The average Bonchev–Trinajstić information content (AvgIpc) is 3.23. The highest BCUT2D eigenvalue weighted by Crippen LogP contribution is 2.38. The molecular formula is C41H57Cl2N5O10S. The fourth-order valence-electron chi connectivity index (χ4n) is 6.05. The molecule has 4 N–H and O–H groups in total. The Morgan fingerprint density at radius 2 is 1.12 bits per heavy atom. The number of nitrogens with zero attached hydrogens (tertiary/aromatic N) is 1. The summed E-state index contributed by atoms with van der Waals surface area (Å²) in [7, 11) is 0.175. The Balaban J connectivity index is 0.973. The molecule has 0 bridgehead atoms. The van der Waals surface area contributed by atoms with E-state index in [1.165, 1.54) is 0 Å². The number of amides is 2. The molecule has 0 saturated carbocycles. The fourth-order valence-corrected chi connectivity index (χ4v) is 7.63. The molecule has 1 unspecified atom stereocenters. The number of hydrogen-bond acceptors (Lipinski definition) is 12. The van der Waals surface area contributed by atoms with Crippen LogP contribution >= 0.6 is 23.2 Å². The number of benzene rings is 3. The molecule has 326 valence electrons. The summed E-state index contributed by atoms with van der Waals surface area (Å²) < 4.78 is 61.1. The highest BCUT2D eigenvalue weighted by Gasteiger charge is 2.27. The zero-order valence-corrected chi connectivity index (χ0v) is 36.1. The summed E-state index contributed by atoms with van der Waals surface area (Å²) in [6.45, 7) is 7.69. The van der Waals surface area contributed by atoms with Crippen LogP contribution in [-0.4, -0.2) is 151 Å². The monoisotopic (exact) mass is 881 g/mol. The maximum atomic E-state index is 12.9. The van der Waals surface area contributed by atoms with Crippen LogP contribution in [0.4, 0.5) is 0 Å². The number of carbonyl (C=O) groups is 2. The minimum Gasteiger partial charge on any atom is -0.378 e. The van der Waals surface area contributed by atoms with Crippen molar-refractivity contribution in [1.29, 1.82) is 0 Å². The number of likely N-dealkylation sites (N-methyl/N-ethyl adjacent to an activating group) is 2. The topological polar surface area (TPSA) is 175 Å². The van der Waals surface area contributed by atoms with Crippen LogP contribution < -0.4 is 20.7 Å². The van der Waals surface area contributed by atoms with Crippen LogP contribution in [0.2, 0.25) is 10.0 Å². The first-order valence-electron chi connectivity index (χ1n) is 19.6. The Kier molecular flexibility index (Phi) is 22.1. The third-order valence-corrected chi connectivity index (χ3v) is 11.1. The maximum absolute atomic E-state index is 12.9. The first-order valence-corrected chi connectivity index (χ1v) is 21.9. The third-order valence-electron chi connectivity index (χ3n) is 9.08. The Labute approximate surface area is 357 Å². The predicted molar refractivity (Wildman–Crippen MR) is 226 cm³/mol. The lowest BCUT2D eigenvalue weighted by Crippen LogP contribution is -2.31. The van der Waals surface area contributed by atoms with E-state index in [1.807, 2.05) is 32.3 Å². The van der Waals surface area contributed by atoms with E-state index in [4.69, 9.17) is 51.6 Å². The molecule has 3 aromatic carbocycles. The van der Waals surface area contributed by atoms with E-state index < -0.39 is 10.0 Å². The van der Waals surface area contributed by atoms with Crippen LogP contribution in [0.1, 0.15) is 43.3 Å². The highest BCUT2D eigenvalue weighted by molar-refractivity contribution is 7.89. The molecule has 1 atom stereocenters. The third kappa shape index (κ3) is 17.3. The quantitative estimate of drug-likeness (QED) is 0.0751. The molecule has 1 aliphatic rings. The van der Waals surface area contributed by atoms with Gasteiger partial charge < -0.3 is 49.3 Å². The number of halogens is 2. The number of sulfonamides is 1. The molecule has 1 aliphatic heterocycles. The molecule has 15 nitrogen and oxygen atoms in total. The molecular weight excluding hydrogens is 825 g/mol. The molecule has 0 spiro atoms. The van der Waals surface area contributed by atoms with Gasteiger partial charge in [0.1, 0.15) is 0 Å². The van der Waals surface area contributed by atoms with Crippen molar-refractivity contribution in [3.8, 4) is 0 Å². The lowest BCUT2D eigenvalue weighted by Gasteiger charge is -2.33. The molecule has 18 heteroatoms. The van der Waals surface area contributed by atoms with Gasteiger partial charge in [-0.1, -0.05) is 35.3 Å². The van der Waals surface area contributed by atoms with Crippen LogP contribution in [0.5, 0.6) is 0 Å². The second-order valence-electron chi connectivity index (χ2n) is 13.5. The van der Waals surface area contributed by atoms with Crippen LogP contribution in [-0.2, 0) is 45.0 Å². The lowest BCUT2D eigenvalue weighted by molar-refractivity contribution is 0.0159. The first-order chi connectivity index (χ1) is 28.6. The average molecular weight is 883 g/mol. The van der Waals surface area contributed by atoms with E-state index in [-0.39, 0.29) is 42.4 Å². The molecule has 0 saturated heterocycles. The molecule has 3 aromatic rings. The number of carbonyl (C=O) groups excluding carboxylic acids is 2. The maximum Gasteiger partial charge on any atom is 0.251 e. The Morgan fingerprint density at radius 1 is 0.661 bits per heavy atom. The second kappa shape index (κ2) is 26.9. The van der Waals surface area contributed by atoms with Crippen molar-refractivity contribution in [2.24, 2.45) is 0 Å². The van der Waals surface area contributed by atoms with Gasteiger partial charge in [-0.25, -0.2) is 13.1 Å². The largest absolute Gasteiger partial charge is 0.378 e. The van der Waals surface area contributed by atoms with E-state index in [9.17, 15) is 18.0 Å². The molecule has 59 heavy (non-hydrogen) atoms. The van der Waals surface area contributed by atoms with Crippen LogP contribution in [0.15, 0.2) is 65.6 Å². The van der Waals surface area contributed by atoms with Gasteiger partial charge in [-0.2, -0.15) is 0 Å². The zero-order valence-electron chi connectivity index (χ0n) is 33.8. The Hall–Kier alpha value is -3.23. The van der Waals surface area contributed by atoms with Crippen LogP contribution in [0.25, 0.3) is 0 Å². The standard InChI is InChI=1S/C41H57Cl2N5O10S/c1-44-11-15-53-19-23-57-24-20-54-16-12-45-40(49)32-3-5-33(6-4-32)41(50)46-13-17-55-21-25-58-26-22-56-18-14-47-59(51,52)35-9-7-31(8-10-35)37-29-48(2)30-38-36(37)27-34(42)28-39(38)43/h3-10,27-28,37,44,47H,11-26,29-30H2,1-2H3,(H,45,49)(H,46,50). The first kappa shape index (κ1) is 48.4. The molecule has 0 aromatic heterocycles. The van der Waals surface area contributed by atoms with Crippen molar-refractivity contribution in [2.75, 3.05) is 126 Å². The molecule has 4 rings (SSSR count). The van der Waals surface area contributed by atoms with E-state index in [2.05, 4.69) is 25.6 Å². The molecule has 2 amide bonds. The van der Waals surface area contributed by atoms with E-state index in [0.29, 0.717) is 100 Å². The minimum atomic E-state index is -3.72. The minimum absolute atomic E-state index is 0.0128. The van der Waals surface area contributed by atoms with Gasteiger partial charge in [0.15, 0.2) is 0 Å². The number of nitrogens with one attached hydrogen (secondary N) is 4. The lowest BCUT2D eigenvalue weighted by atomic mass is 9.85. The number of hydrogen-bond donors (Lipinski definition) is 4. The van der Waals surface area contributed by atoms with E-state index in [1.54, 1.807) is 42.5 Å². The van der Waals surface area contributed by atoms with Gasteiger partial charge in [0.05, 0.1) is 84.2 Å². The molecule has 0 fully saturated rings. The number of ether oxygens (including phenoxy) is 6. The van der Waals surface area contributed by atoms with E-state index in [0.717, 1.165) is 36.3 Å². The van der Waals surface area contributed by atoms with Crippen molar-refractivity contribution in [1.82, 2.24) is 25.6 Å². The number of fused-ring (bicyclic) bond motifs is 1. The van der Waals surface area contributed by atoms with Crippen LogP contribution in [0.3, 0.4) is 0 Å². The smallest absolute Gasteiger partial charge is 0.251 e. The second-order valence-corrected chi connectivity index (χ2v) is 16.1. The fraction of sp³-hybridized carbons (Fsp3) is 0.512. The van der Waals surface area contributed by atoms with Crippen molar-refractivity contribution in [2.45, 2.75) is 17.4 Å². The van der Waals surface area contributed by atoms with Crippen molar-refractivity contribution in [3.63, 3.8) is 0 Å². The van der Waals surface area contributed by atoms with Gasteiger partial charge in [-0.05, 0) is 79.3 Å². The predicted octanol–water partition coefficient (Wildman–Crippen LogP) is 3.33. The van der Waals surface area contributed by atoms with E-state index >= 15 is 0 Å². The van der Waals surface area contributed by atoms with Gasteiger partial charge >= 0.3 is 0 Å². The van der Waals surface area contributed by atoms with Gasteiger partial charge in [0, 0.05) is 66.4 Å². The van der Waals surface area contributed by atoms with Gasteiger partial charge in [-0.3, -0.25) is 9.59 Å². The zero-order chi connectivity index (χ0) is 42.3. The molecule has 0 radical (unpaired) electrons. The SMILES string of the molecule is CNCCOCCOCCOCCNC(=O)c1ccc(C(=O)NCCOCCOCCOCCNS(=O)(=O)c2ccc(C3CN(C)Cc4c(Cl)cc(Cl)cc43)cc2)cc1. The summed E-state index contributed by atoms with van der Waals surface area (Å²) in [6, 6.07) is 16.9.